The van der Waals surface area contributed by atoms with Crippen molar-refractivity contribution in [3.63, 3.8) is 0 Å². The number of hydrogen-bond donors (Lipinski definition) is 1. The summed E-state index contributed by atoms with van der Waals surface area (Å²) >= 11 is 0. The fraction of sp³-hybridized carbons (Fsp3) is 0.571. The van der Waals surface area contributed by atoms with Crippen LogP contribution in [0.3, 0.4) is 0 Å². The summed E-state index contributed by atoms with van der Waals surface area (Å²) < 4.78 is 37.5. The van der Waals surface area contributed by atoms with Crippen LogP contribution in [0, 0.1) is 5.92 Å². The van der Waals surface area contributed by atoms with Crippen LogP contribution in [0.4, 0.5) is 18.9 Å². The molecule has 5 heteroatoms. The molecule has 2 saturated heterocycles. The Morgan fingerprint density at radius 3 is 2.47 bits per heavy atom. The van der Waals surface area contributed by atoms with Gasteiger partial charge in [0.25, 0.3) is 0 Å². The first-order chi connectivity index (χ1) is 9.04. The summed E-state index contributed by atoms with van der Waals surface area (Å²) in [7, 11) is 0. The SMILES string of the molecule is FC(F)(F)c1ccc(N2CC3CCCNC3C2)cc1. The fourth-order valence-corrected chi connectivity index (χ4v) is 3.12. The molecular weight excluding hydrogens is 253 g/mol. The van der Waals surface area contributed by atoms with Gasteiger partial charge < -0.3 is 10.2 Å². The van der Waals surface area contributed by atoms with E-state index in [-0.39, 0.29) is 0 Å². The van der Waals surface area contributed by atoms with Crippen molar-refractivity contribution >= 4 is 5.69 Å². The number of rotatable bonds is 1. The first kappa shape index (κ1) is 12.8. The van der Waals surface area contributed by atoms with Gasteiger partial charge in [-0.15, -0.1) is 0 Å². The van der Waals surface area contributed by atoms with Gasteiger partial charge in [-0.25, -0.2) is 0 Å². The van der Waals surface area contributed by atoms with Gasteiger partial charge in [-0.2, -0.15) is 13.2 Å². The number of nitrogens with one attached hydrogen (secondary N) is 1. The first-order valence-corrected chi connectivity index (χ1v) is 6.69. The lowest BCUT2D eigenvalue weighted by atomic mass is 9.94. The molecule has 2 heterocycles. The maximum Gasteiger partial charge on any atom is 0.416 e. The lowest BCUT2D eigenvalue weighted by Gasteiger charge is -2.24. The van der Waals surface area contributed by atoms with Crippen molar-refractivity contribution in [3.8, 4) is 0 Å². The van der Waals surface area contributed by atoms with E-state index in [1.165, 1.54) is 25.0 Å². The minimum Gasteiger partial charge on any atom is -0.370 e. The Morgan fingerprint density at radius 2 is 1.84 bits per heavy atom. The van der Waals surface area contributed by atoms with Crippen LogP contribution in [0.2, 0.25) is 0 Å². The molecule has 0 aromatic heterocycles. The second-order valence-corrected chi connectivity index (χ2v) is 5.41. The summed E-state index contributed by atoms with van der Waals surface area (Å²) in [6.45, 7) is 2.90. The Hall–Kier alpha value is -1.23. The molecule has 1 aromatic carbocycles. The predicted molar refractivity (Wildman–Crippen MR) is 68.2 cm³/mol. The van der Waals surface area contributed by atoms with E-state index in [2.05, 4.69) is 10.2 Å². The first-order valence-electron chi connectivity index (χ1n) is 6.69. The maximum absolute atomic E-state index is 12.5. The highest BCUT2D eigenvalue weighted by Crippen LogP contribution is 2.33. The lowest BCUT2D eigenvalue weighted by molar-refractivity contribution is -0.137. The van der Waals surface area contributed by atoms with Crippen LogP contribution < -0.4 is 10.2 Å². The quantitative estimate of drug-likeness (QED) is 0.844. The second kappa shape index (κ2) is 4.71. The van der Waals surface area contributed by atoms with Crippen molar-refractivity contribution < 1.29 is 13.2 Å². The van der Waals surface area contributed by atoms with E-state index in [1.54, 1.807) is 12.1 Å². The third-order valence-electron chi connectivity index (χ3n) is 4.16. The van der Waals surface area contributed by atoms with Gasteiger partial charge in [0, 0.05) is 24.8 Å². The van der Waals surface area contributed by atoms with Gasteiger partial charge in [0.1, 0.15) is 0 Å². The van der Waals surface area contributed by atoms with Crippen molar-refractivity contribution in [2.24, 2.45) is 5.92 Å². The number of benzene rings is 1. The number of fused-ring (bicyclic) bond motifs is 1. The van der Waals surface area contributed by atoms with Gasteiger partial charge in [0.2, 0.25) is 0 Å². The highest BCUT2D eigenvalue weighted by atomic mass is 19.4. The number of alkyl halides is 3. The van der Waals surface area contributed by atoms with E-state index in [0.29, 0.717) is 12.0 Å². The molecule has 2 fully saturated rings. The maximum atomic E-state index is 12.5. The van der Waals surface area contributed by atoms with Crippen LogP contribution >= 0.6 is 0 Å². The van der Waals surface area contributed by atoms with Crippen molar-refractivity contribution in [1.29, 1.82) is 0 Å². The van der Waals surface area contributed by atoms with Gasteiger partial charge >= 0.3 is 6.18 Å². The van der Waals surface area contributed by atoms with Gasteiger partial charge in [0.05, 0.1) is 5.56 Å². The third kappa shape index (κ3) is 2.56. The molecule has 19 heavy (non-hydrogen) atoms. The minimum atomic E-state index is -4.25. The standard InChI is InChI=1S/C14H17F3N2/c15-14(16,17)11-3-5-12(6-4-11)19-8-10-2-1-7-18-13(10)9-19/h3-6,10,13,18H,1-2,7-9H2. The molecule has 0 spiro atoms. The van der Waals surface area contributed by atoms with Crippen molar-refractivity contribution in [1.82, 2.24) is 5.32 Å². The summed E-state index contributed by atoms with van der Waals surface area (Å²) in [6.07, 6.45) is -1.84. The zero-order valence-electron chi connectivity index (χ0n) is 10.6. The van der Waals surface area contributed by atoms with E-state index >= 15 is 0 Å². The molecule has 2 aliphatic rings. The largest absolute Gasteiger partial charge is 0.416 e. The van der Waals surface area contributed by atoms with Crippen LogP contribution in [0.25, 0.3) is 0 Å². The minimum absolute atomic E-state index is 0.496. The van der Waals surface area contributed by atoms with E-state index in [4.69, 9.17) is 0 Å². The Labute approximate surface area is 110 Å². The summed E-state index contributed by atoms with van der Waals surface area (Å²) in [4.78, 5) is 2.19. The molecule has 0 saturated carbocycles. The smallest absolute Gasteiger partial charge is 0.370 e. The summed E-state index contributed by atoms with van der Waals surface area (Å²) in [5, 5.41) is 3.49. The highest BCUT2D eigenvalue weighted by Gasteiger charge is 2.35. The van der Waals surface area contributed by atoms with E-state index in [9.17, 15) is 13.2 Å². The molecule has 1 N–H and O–H groups in total. The monoisotopic (exact) mass is 270 g/mol. The lowest BCUT2D eigenvalue weighted by Crippen LogP contribution is -2.40. The van der Waals surface area contributed by atoms with Crippen molar-refractivity contribution in [2.45, 2.75) is 25.1 Å². The van der Waals surface area contributed by atoms with Gasteiger partial charge in [0.15, 0.2) is 0 Å². The van der Waals surface area contributed by atoms with E-state index in [0.717, 1.165) is 25.3 Å². The number of halogens is 3. The molecule has 2 unspecified atom stereocenters. The van der Waals surface area contributed by atoms with Gasteiger partial charge in [-0.3, -0.25) is 0 Å². The highest BCUT2D eigenvalue weighted by molar-refractivity contribution is 5.49. The molecule has 0 amide bonds. The average molecular weight is 270 g/mol. The molecule has 104 valence electrons. The molecular formula is C14H17F3N2. The van der Waals surface area contributed by atoms with Gasteiger partial charge in [-0.1, -0.05) is 0 Å². The Bertz CT molecular complexity index is 427. The van der Waals surface area contributed by atoms with Crippen LogP contribution in [-0.4, -0.2) is 25.7 Å². The summed E-state index contributed by atoms with van der Waals surface area (Å²) in [6, 6.07) is 6.01. The number of nitrogens with zero attached hydrogens (tertiary/aromatic N) is 1. The molecule has 3 rings (SSSR count). The van der Waals surface area contributed by atoms with E-state index < -0.39 is 11.7 Å². The molecule has 2 atom stereocenters. The zero-order chi connectivity index (χ0) is 13.5. The van der Waals surface area contributed by atoms with Crippen LogP contribution in [-0.2, 0) is 6.18 Å². The fourth-order valence-electron chi connectivity index (χ4n) is 3.12. The molecule has 1 aromatic rings. The number of hydrogen-bond acceptors (Lipinski definition) is 2. The normalized spacial score (nSPS) is 27.4. The molecule has 2 aliphatic heterocycles. The topological polar surface area (TPSA) is 15.3 Å². The van der Waals surface area contributed by atoms with Crippen LogP contribution in [0.1, 0.15) is 18.4 Å². The zero-order valence-corrected chi connectivity index (χ0v) is 10.6. The number of anilines is 1. The Kier molecular flexibility index (Phi) is 3.17. The molecule has 0 bridgehead atoms. The second-order valence-electron chi connectivity index (χ2n) is 5.41. The number of piperidine rings is 1. The van der Waals surface area contributed by atoms with Crippen molar-refractivity contribution in [2.75, 3.05) is 24.5 Å². The van der Waals surface area contributed by atoms with E-state index in [1.807, 2.05) is 0 Å². The predicted octanol–water partition coefficient (Wildman–Crippen LogP) is 2.89. The Morgan fingerprint density at radius 1 is 1.11 bits per heavy atom. The molecule has 0 aliphatic carbocycles. The Balaban J connectivity index is 1.73. The van der Waals surface area contributed by atoms with Crippen molar-refractivity contribution in [3.05, 3.63) is 29.8 Å². The molecule has 2 nitrogen and oxygen atoms in total. The molecule has 0 radical (unpaired) electrons. The van der Waals surface area contributed by atoms with Crippen LogP contribution in [0.5, 0.6) is 0 Å². The van der Waals surface area contributed by atoms with Gasteiger partial charge in [-0.05, 0) is 49.6 Å². The third-order valence-corrected chi connectivity index (χ3v) is 4.16. The van der Waals surface area contributed by atoms with Crippen LogP contribution in [0.15, 0.2) is 24.3 Å². The summed E-state index contributed by atoms with van der Waals surface area (Å²) in [5.74, 6) is 0.635. The summed E-state index contributed by atoms with van der Waals surface area (Å²) in [5.41, 5.74) is 0.315. The average Bonchev–Trinajstić information content (AvgIpc) is 2.81.